The quantitative estimate of drug-likeness (QED) is 0.523. The highest BCUT2D eigenvalue weighted by atomic mass is 16.5. The molecular weight excluding hydrogens is 464 g/mol. The number of fused-ring (bicyclic) bond motifs is 3. The minimum absolute atomic E-state index is 0.0272. The normalized spacial score (nSPS) is 27.4. The minimum atomic E-state index is -0.289. The third-order valence-corrected chi connectivity index (χ3v) is 8.09. The van der Waals surface area contributed by atoms with Gasteiger partial charge in [0.2, 0.25) is 11.9 Å². The zero-order valence-electron chi connectivity index (χ0n) is 21.9. The second-order valence-corrected chi connectivity index (χ2v) is 11.4. The van der Waals surface area contributed by atoms with Crippen molar-refractivity contribution in [2.75, 3.05) is 23.9 Å². The Morgan fingerprint density at radius 1 is 1.11 bits per heavy atom. The third-order valence-electron chi connectivity index (χ3n) is 8.09. The van der Waals surface area contributed by atoms with E-state index in [0.717, 1.165) is 35.7 Å². The Labute approximate surface area is 217 Å². The molecule has 0 radical (unpaired) electrons. The Hall–Kier alpha value is -3.36. The van der Waals surface area contributed by atoms with Gasteiger partial charge < -0.3 is 15.0 Å². The lowest BCUT2D eigenvalue weighted by molar-refractivity contribution is -0.117. The van der Waals surface area contributed by atoms with Crippen LogP contribution in [0.1, 0.15) is 56.4 Å². The second-order valence-electron chi connectivity index (χ2n) is 11.4. The van der Waals surface area contributed by atoms with Gasteiger partial charge in [0.1, 0.15) is 11.6 Å². The molecule has 2 aromatic heterocycles. The van der Waals surface area contributed by atoms with Gasteiger partial charge in [-0.3, -0.25) is 10.1 Å². The summed E-state index contributed by atoms with van der Waals surface area (Å²) in [6.45, 7) is 7.74. The number of aromatic nitrogens is 3. The van der Waals surface area contributed by atoms with Crippen molar-refractivity contribution in [3.8, 4) is 0 Å². The van der Waals surface area contributed by atoms with Crippen molar-refractivity contribution in [1.82, 2.24) is 20.3 Å². The first-order chi connectivity index (χ1) is 17.8. The fourth-order valence-electron chi connectivity index (χ4n) is 5.90. The largest absolute Gasteiger partial charge is 0.374 e. The van der Waals surface area contributed by atoms with Gasteiger partial charge in [-0.05, 0) is 57.4 Å². The standard InChI is InChI=1S/C29H34N6O2/c1-28(2)14-23-29(3,17-37-28)22-16-31-27(34-26(36)21-13-20(21)18-9-6-5-7-10-18)33-25(22)35(23)24-12-8-11-19(32-24)15-30-4/h5-12,16,20-21,23,30H,13-15,17H2,1-4H3,(H,31,33,34,36)/t20-,21+,23-,29-/m1/s1. The molecule has 6 rings (SSSR count). The van der Waals surface area contributed by atoms with Gasteiger partial charge in [-0.1, -0.05) is 43.3 Å². The summed E-state index contributed by atoms with van der Waals surface area (Å²) in [5.74, 6) is 2.16. The lowest BCUT2D eigenvalue weighted by Crippen LogP contribution is -2.54. The summed E-state index contributed by atoms with van der Waals surface area (Å²) in [6.07, 6.45) is 3.54. The molecule has 1 saturated heterocycles. The van der Waals surface area contributed by atoms with Crippen molar-refractivity contribution in [2.24, 2.45) is 5.92 Å². The Bertz CT molecular complexity index is 1330. The van der Waals surface area contributed by atoms with Gasteiger partial charge in [0.25, 0.3) is 0 Å². The summed E-state index contributed by atoms with van der Waals surface area (Å²) in [5, 5.41) is 6.18. The Morgan fingerprint density at radius 2 is 1.92 bits per heavy atom. The number of pyridine rings is 1. The number of nitrogens with one attached hydrogen (secondary N) is 2. The molecule has 8 nitrogen and oxygen atoms in total. The number of amides is 1. The van der Waals surface area contributed by atoms with Gasteiger partial charge in [0.15, 0.2) is 0 Å². The van der Waals surface area contributed by atoms with Crippen molar-refractivity contribution in [1.29, 1.82) is 0 Å². The monoisotopic (exact) mass is 498 g/mol. The van der Waals surface area contributed by atoms with Crippen molar-refractivity contribution in [3.63, 3.8) is 0 Å². The smallest absolute Gasteiger partial charge is 0.231 e. The van der Waals surface area contributed by atoms with Gasteiger partial charge in [-0.2, -0.15) is 4.98 Å². The topological polar surface area (TPSA) is 92.3 Å². The average Bonchev–Trinajstić information content (AvgIpc) is 3.65. The first kappa shape index (κ1) is 24.0. The average molecular weight is 499 g/mol. The predicted molar refractivity (Wildman–Crippen MR) is 143 cm³/mol. The molecule has 0 bridgehead atoms. The summed E-state index contributed by atoms with van der Waals surface area (Å²) in [5.41, 5.74) is 2.64. The maximum absolute atomic E-state index is 13.1. The number of rotatable bonds is 6. The number of hydrogen-bond acceptors (Lipinski definition) is 7. The number of nitrogens with zero attached hydrogens (tertiary/aromatic N) is 4. The SMILES string of the molecule is CNCc1cccc(N2c3nc(NC(=O)[C@H]4C[C@@H]4c4ccccc4)ncc3[C@@]3(C)COC(C)(C)C[C@@H]23)n1. The van der Waals surface area contributed by atoms with Crippen molar-refractivity contribution < 1.29 is 9.53 Å². The van der Waals surface area contributed by atoms with Crippen LogP contribution in [0.4, 0.5) is 17.6 Å². The van der Waals surface area contributed by atoms with Crippen molar-refractivity contribution in [3.05, 3.63) is 71.5 Å². The molecule has 2 aliphatic heterocycles. The van der Waals surface area contributed by atoms with Crippen LogP contribution in [0.25, 0.3) is 0 Å². The van der Waals surface area contributed by atoms with E-state index in [1.807, 2.05) is 49.6 Å². The number of benzene rings is 1. The fourth-order valence-corrected chi connectivity index (χ4v) is 5.90. The third kappa shape index (κ3) is 4.28. The van der Waals surface area contributed by atoms with Gasteiger partial charge in [-0.15, -0.1) is 0 Å². The molecule has 8 heteroatoms. The highest BCUT2D eigenvalue weighted by Crippen LogP contribution is 2.53. The summed E-state index contributed by atoms with van der Waals surface area (Å²) in [4.78, 5) is 29.8. The highest BCUT2D eigenvalue weighted by molar-refractivity contribution is 5.94. The molecule has 0 spiro atoms. The van der Waals surface area contributed by atoms with E-state index in [2.05, 4.69) is 53.4 Å². The Morgan fingerprint density at radius 3 is 2.70 bits per heavy atom. The van der Waals surface area contributed by atoms with E-state index in [0.29, 0.717) is 19.1 Å². The van der Waals surface area contributed by atoms with Crippen molar-refractivity contribution in [2.45, 2.75) is 63.1 Å². The van der Waals surface area contributed by atoms with Crippen LogP contribution in [-0.4, -0.2) is 46.2 Å². The zero-order valence-corrected chi connectivity index (χ0v) is 21.9. The molecule has 4 atom stereocenters. The summed E-state index contributed by atoms with van der Waals surface area (Å²) in [6, 6.07) is 16.4. The van der Waals surface area contributed by atoms with Gasteiger partial charge in [0, 0.05) is 29.6 Å². The molecule has 37 heavy (non-hydrogen) atoms. The molecule has 3 aromatic rings. The Balaban J connectivity index is 1.33. The molecule has 4 heterocycles. The van der Waals surface area contributed by atoms with Crippen LogP contribution in [0.2, 0.25) is 0 Å². The van der Waals surface area contributed by atoms with E-state index >= 15 is 0 Å². The van der Waals surface area contributed by atoms with Crippen LogP contribution >= 0.6 is 0 Å². The van der Waals surface area contributed by atoms with Gasteiger partial charge in [0.05, 0.1) is 23.9 Å². The van der Waals surface area contributed by atoms with Crippen LogP contribution in [-0.2, 0) is 21.5 Å². The number of anilines is 3. The first-order valence-corrected chi connectivity index (χ1v) is 13.1. The molecule has 0 unspecified atom stereocenters. The predicted octanol–water partition coefficient (Wildman–Crippen LogP) is 4.31. The lowest BCUT2D eigenvalue weighted by Gasteiger charge is -2.46. The zero-order chi connectivity index (χ0) is 25.8. The molecule has 1 amide bonds. The van der Waals surface area contributed by atoms with Gasteiger partial charge >= 0.3 is 0 Å². The van der Waals surface area contributed by atoms with E-state index in [-0.39, 0.29) is 34.8 Å². The first-order valence-electron chi connectivity index (χ1n) is 13.1. The van der Waals surface area contributed by atoms with E-state index in [4.69, 9.17) is 14.7 Å². The van der Waals surface area contributed by atoms with Crippen LogP contribution in [0.5, 0.6) is 0 Å². The number of carbonyl (C=O) groups excluding carboxylic acids is 1. The lowest BCUT2D eigenvalue weighted by atomic mass is 9.73. The molecule has 3 aliphatic rings. The van der Waals surface area contributed by atoms with Gasteiger partial charge in [-0.25, -0.2) is 9.97 Å². The molecule has 1 aromatic carbocycles. The number of carbonyl (C=O) groups is 1. The maximum atomic E-state index is 13.1. The summed E-state index contributed by atoms with van der Waals surface area (Å²) < 4.78 is 6.29. The summed E-state index contributed by atoms with van der Waals surface area (Å²) >= 11 is 0. The number of hydrogen-bond donors (Lipinski definition) is 2. The molecule has 192 valence electrons. The fraction of sp³-hybridized carbons (Fsp3) is 0.448. The van der Waals surface area contributed by atoms with Crippen molar-refractivity contribution >= 4 is 23.5 Å². The highest BCUT2D eigenvalue weighted by Gasteiger charge is 2.55. The van der Waals surface area contributed by atoms with E-state index in [1.54, 1.807) is 0 Å². The second kappa shape index (κ2) is 8.89. The maximum Gasteiger partial charge on any atom is 0.231 e. The van der Waals surface area contributed by atoms with Crippen LogP contribution < -0.4 is 15.5 Å². The van der Waals surface area contributed by atoms with Crippen LogP contribution in [0.15, 0.2) is 54.7 Å². The van der Waals surface area contributed by atoms with E-state index < -0.39 is 0 Å². The van der Waals surface area contributed by atoms with Crippen LogP contribution in [0, 0.1) is 5.92 Å². The minimum Gasteiger partial charge on any atom is -0.374 e. The molecule has 1 aliphatic carbocycles. The van der Waals surface area contributed by atoms with E-state index in [9.17, 15) is 4.79 Å². The van der Waals surface area contributed by atoms with E-state index in [1.165, 1.54) is 5.56 Å². The molecule has 2 fully saturated rings. The molecule has 2 N–H and O–H groups in total. The number of ether oxygens (including phenoxy) is 1. The molecular formula is C29H34N6O2. The molecule has 1 saturated carbocycles. The summed E-state index contributed by atoms with van der Waals surface area (Å²) in [7, 11) is 1.92. The van der Waals surface area contributed by atoms with Crippen LogP contribution in [0.3, 0.4) is 0 Å². The Kier molecular flexibility index (Phi) is 5.76.